The molecule has 6 heteroatoms. The van der Waals surface area contributed by atoms with Gasteiger partial charge in [-0.2, -0.15) is 0 Å². The van der Waals surface area contributed by atoms with Crippen LogP contribution in [0.3, 0.4) is 0 Å². The van der Waals surface area contributed by atoms with Gasteiger partial charge in [-0.1, -0.05) is 25.5 Å². The van der Waals surface area contributed by atoms with Gasteiger partial charge < -0.3 is 9.64 Å². The highest BCUT2D eigenvalue weighted by atomic mass is 16.7. The third kappa shape index (κ3) is 3.70. The lowest BCUT2D eigenvalue weighted by Crippen LogP contribution is -2.36. The number of amides is 2. The van der Waals surface area contributed by atoms with Crippen molar-refractivity contribution >= 4 is 11.8 Å². The normalized spacial score (nSPS) is 20.3. The minimum Gasteiger partial charge on any atom is -0.497 e. The van der Waals surface area contributed by atoms with Gasteiger partial charge in [0.2, 0.25) is 5.91 Å². The summed E-state index contributed by atoms with van der Waals surface area (Å²) in [6, 6.07) is 7.30. The SMILES string of the molecule is CCCCN1C(=O)CC(C(=O)N(C)OC)C1c1ccc(OC)cc1. The molecule has 1 fully saturated rings. The molecule has 0 aromatic heterocycles. The molecule has 0 N–H and O–H groups in total. The van der Waals surface area contributed by atoms with Gasteiger partial charge in [0, 0.05) is 20.0 Å². The molecule has 24 heavy (non-hydrogen) atoms. The predicted octanol–water partition coefficient (Wildman–Crippen LogP) is 2.40. The second-order valence-electron chi connectivity index (χ2n) is 5.99. The van der Waals surface area contributed by atoms with Crippen LogP contribution in [-0.4, -0.2) is 49.6 Å². The minimum absolute atomic E-state index is 0.0205. The van der Waals surface area contributed by atoms with E-state index < -0.39 is 5.92 Å². The first-order chi connectivity index (χ1) is 11.5. The number of hydrogen-bond donors (Lipinski definition) is 0. The van der Waals surface area contributed by atoms with Crippen LogP contribution in [0.2, 0.25) is 0 Å². The predicted molar refractivity (Wildman–Crippen MR) is 90.2 cm³/mol. The van der Waals surface area contributed by atoms with Crippen LogP contribution in [0.25, 0.3) is 0 Å². The zero-order valence-corrected chi connectivity index (χ0v) is 14.8. The number of rotatable bonds is 7. The quantitative estimate of drug-likeness (QED) is 0.719. The summed E-state index contributed by atoms with van der Waals surface area (Å²) >= 11 is 0. The van der Waals surface area contributed by atoms with Crippen molar-refractivity contribution in [3.05, 3.63) is 29.8 Å². The van der Waals surface area contributed by atoms with Gasteiger partial charge in [-0.25, -0.2) is 5.06 Å². The molecule has 1 aliphatic heterocycles. The van der Waals surface area contributed by atoms with E-state index in [2.05, 4.69) is 6.92 Å². The molecule has 0 spiro atoms. The smallest absolute Gasteiger partial charge is 0.251 e. The maximum absolute atomic E-state index is 12.6. The Bertz CT molecular complexity index is 573. The Hall–Kier alpha value is -2.08. The van der Waals surface area contributed by atoms with E-state index in [1.54, 1.807) is 14.2 Å². The molecule has 2 rings (SSSR count). The molecular weight excluding hydrogens is 308 g/mol. The number of hydrogen-bond acceptors (Lipinski definition) is 4. The molecule has 132 valence electrons. The Labute approximate surface area is 143 Å². The number of methoxy groups -OCH3 is 1. The summed E-state index contributed by atoms with van der Waals surface area (Å²) in [5.41, 5.74) is 0.945. The molecule has 6 nitrogen and oxygen atoms in total. The summed E-state index contributed by atoms with van der Waals surface area (Å²) in [4.78, 5) is 32.0. The molecule has 0 saturated carbocycles. The van der Waals surface area contributed by atoms with Crippen molar-refractivity contribution in [2.24, 2.45) is 5.92 Å². The molecule has 1 heterocycles. The summed E-state index contributed by atoms with van der Waals surface area (Å²) in [7, 11) is 4.64. The van der Waals surface area contributed by atoms with Crippen molar-refractivity contribution in [3.8, 4) is 5.75 Å². The van der Waals surface area contributed by atoms with E-state index in [9.17, 15) is 9.59 Å². The van der Waals surface area contributed by atoms with Gasteiger partial charge in [0.05, 0.1) is 26.2 Å². The van der Waals surface area contributed by atoms with Crippen LogP contribution in [0, 0.1) is 5.92 Å². The van der Waals surface area contributed by atoms with Gasteiger partial charge in [-0.05, 0) is 24.1 Å². The highest BCUT2D eigenvalue weighted by molar-refractivity contribution is 5.90. The lowest BCUT2D eigenvalue weighted by atomic mass is 9.92. The maximum atomic E-state index is 12.6. The average Bonchev–Trinajstić information content (AvgIpc) is 2.94. The Morgan fingerprint density at radius 3 is 2.50 bits per heavy atom. The second-order valence-corrected chi connectivity index (χ2v) is 5.99. The van der Waals surface area contributed by atoms with E-state index in [-0.39, 0.29) is 24.3 Å². The van der Waals surface area contributed by atoms with E-state index in [1.165, 1.54) is 12.2 Å². The summed E-state index contributed by atoms with van der Waals surface area (Å²) < 4.78 is 5.20. The zero-order valence-electron chi connectivity index (χ0n) is 14.8. The fraction of sp³-hybridized carbons (Fsp3) is 0.556. The van der Waals surface area contributed by atoms with Crippen LogP contribution in [0.4, 0.5) is 0 Å². The standard InChI is InChI=1S/C18H26N2O4/c1-5-6-11-20-16(21)12-15(18(22)19(2)24-4)17(20)13-7-9-14(23-3)10-8-13/h7-10,15,17H,5-6,11-12H2,1-4H3. The molecular formula is C18H26N2O4. The molecule has 1 aromatic rings. The monoisotopic (exact) mass is 334 g/mol. The van der Waals surface area contributed by atoms with Crippen molar-refractivity contribution < 1.29 is 19.2 Å². The summed E-state index contributed by atoms with van der Waals surface area (Å²) in [5, 5.41) is 1.21. The Balaban J connectivity index is 2.34. The fourth-order valence-corrected chi connectivity index (χ4v) is 3.14. The van der Waals surface area contributed by atoms with Gasteiger partial charge in [-0.3, -0.25) is 14.4 Å². The summed E-state index contributed by atoms with van der Waals surface area (Å²) in [6.07, 6.45) is 2.13. The van der Waals surface area contributed by atoms with E-state index in [1.807, 2.05) is 29.2 Å². The lowest BCUT2D eigenvalue weighted by molar-refractivity contribution is -0.174. The van der Waals surface area contributed by atoms with Gasteiger partial charge in [-0.15, -0.1) is 0 Å². The van der Waals surface area contributed by atoms with Crippen LogP contribution in [0.1, 0.15) is 37.8 Å². The Morgan fingerprint density at radius 2 is 1.96 bits per heavy atom. The molecule has 0 aliphatic carbocycles. The number of carbonyl (C=O) groups excluding carboxylic acids is 2. The van der Waals surface area contributed by atoms with Crippen molar-refractivity contribution in [1.29, 1.82) is 0 Å². The van der Waals surface area contributed by atoms with Crippen molar-refractivity contribution in [3.63, 3.8) is 0 Å². The van der Waals surface area contributed by atoms with Gasteiger partial charge in [0.25, 0.3) is 5.91 Å². The highest BCUT2D eigenvalue weighted by Gasteiger charge is 2.45. The van der Waals surface area contributed by atoms with Crippen LogP contribution >= 0.6 is 0 Å². The Kier molecular flexibility index (Phi) is 6.20. The van der Waals surface area contributed by atoms with Gasteiger partial charge >= 0.3 is 0 Å². The van der Waals surface area contributed by atoms with Gasteiger partial charge in [0.15, 0.2) is 0 Å². The first-order valence-corrected chi connectivity index (χ1v) is 8.28. The van der Waals surface area contributed by atoms with Crippen molar-refractivity contribution in [2.45, 2.75) is 32.2 Å². The van der Waals surface area contributed by atoms with Crippen LogP contribution in [-0.2, 0) is 14.4 Å². The second kappa shape index (κ2) is 8.15. The topological polar surface area (TPSA) is 59.1 Å². The Morgan fingerprint density at radius 1 is 1.29 bits per heavy atom. The summed E-state index contributed by atoms with van der Waals surface area (Å²) in [6.45, 7) is 2.75. The summed E-state index contributed by atoms with van der Waals surface area (Å²) in [5.74, 6) is 0.158. The number of likely N-dealkylation sites (tertiary alicyclic amines) is 1. The van der Waals surface area contributed by atoms with E-state index in [0.29, 0.717) is 6.54 Å². The fourth-order valence-electron chi connectivity index (χ4n) is 3.14. The van der Waals surface area contributed by atoms with E-state index >= 15 is 0 Å². The number of carbonyl (C=O) groups is 2. The number of nitrogens with zero attached hydrogens (tertiary/aromatic N) is 2. The number of ether oxygens (including phenoxy) is 1. The largest absolute Gasteiger partial charge is 0.497 e. The van der Waals surface area contributed by atoms with Crippen molar-refractivity contribution in [1.82, 2.24) is 9.96 Å². The molecule has 2 unspecified atom stereocenters. The highest BCUT2D eigenvalue weighted by Crippen LogP contribution is 2.39. The molecule has 2 amide bonds. The minimum atomic E-state index is -0.437. The zero-order chi connectivity index (χ0) is 17.7. The lowest BCUT2D eigenvalue weighted by Gasteiger charge is -2.29. The van der Waals surface area contributed by atoms with Crippen LogP contribution in [0.5, 0.6) is 5.75 Å². The molecule has 1 saturated heterocycles. The number of hydroxylamine groups is 2. The molecule has 2 atom stereocenters. The van der Waals surface area contributed by atoms with E-state index in [4.69, 9.17) is 9.57 Å². The third-order valence-corrected chi connectivity index (χ3v) is 4.54. The molecule has 0 bridgehead atoms. The third-order valence-electron chi connectivity index (χ3n) is 4.54. The first kappa shape index (κ1) is 18.3. The first-order valence-electron chi connectivity index (χ1n) is 8.28. The molecule has 1 aromatic carbocycles. The van der Waals surface area contributed by atoms with Crippen molar-refractivity contribution in [2.75, 3.05) is 27.8 Å². The van der Waals surface area contributed by atoms with Gasteiger partial charge in [0.1, 0.15) is 5.75 Å². The number of unbranched alkanes of at least 4 members (excludes halogenated alkanes) is 1. The van der Waals surface area contributed by atoms with Crippen LogP contribution < -0.4 is 4.74 Å². The van der Waals surface area contributed by atoms with E-state index in [0.717, 1.165) is 24.2 Å². The molecule has 1 aliphatic rings. The molecule has 0 radical (unpaired) electrons. The maximum Gasteiger partial charge on any atom is 0.251 e. The number of benzene rings is 1. The average molecular weight is 334 g/mol. The van der Waals surface area contributed by atoms with Crippen LogP contribution in [0.15, 0.2) is 24.3 Å².